The van der Waals surface area contributed by atoms with Gasteiger partial charge in [-0.25, -0.2) is 0 Å². The molecule has 0 fully saturated rings. The number of ether oxygens (including phenoxy) is 1. The second kappa shape index (κ2) is 7.62. The number of allylic oxidation sites excluding steroid dienone is 2. The summed E-state index contributed by atoms with van der Waals surface area (Å²) in [5.41, 5.74) is 1.80. The molecule has 0 aromatic heterocycles. The van der Waals surface area contributed by atoms with Crippen LogP contribution < -0.4 is 4.74 Å². The van der Waals surface area contributed by atoms with Crippen molar-refractivity contribution < 1.29 is 24.7 Å². The Bertz CT molecular complexity index is 663. The molecule has 7 nitrogen and oxygen atoms in total. The molecule has 0 atom stereocenters. The summed E-state index contributed by atoms with van der Waals surface area (Å²) in [5.74, 6) is -0.884. The van der Waals surface area contributed by atoms with E-state index in [2.05, 4.69) is 0 Å². The van der Waals surface area contributed by atoms with E-state index < -0.39 is 16.6 Å². The van der Waals surface area contributed by atoms with E-state index in [4.69, 9.17) is 9.84 Å². The number of aromatic hydroxyl groups is 1. The van der Waals surface area contributed by atoms with Crippen LogP contribution in [0.15, 0.2) is 11.6 Å². The normalized spacial score (nSPS) is 11.4. The van der Waals surface area contributed by atoms with Crippen molar-refractivity contribution in [1.82, 2.24) is 0 Å². The molecule has 0 saturated carbocycles. The molecule has 126 valence electrons. The number of nitrogens with zero attached hydrogens (tertiary/aromatic N) is 1. The molecule has 23 heavy (non-hydrogen) atoms. The summed E-state index contributed by atoms with van der Waals surface area (Å²) in [6.07, 6.45) is 2.37. The van der Waals surface area contributed by atoms with Crippen LogP contribution in [0.4, 0.5) is 5.69 Å². The Morgan fingerprint density at radius 2 is 1.91 bits per heavy atom. The van der Waals surface area contributed by atoms with E-state index in [1.807, 2.05) is 0 Å². The summed E-state index contributed by atoms with van der Waals surface area (Å²) in [6.45, 7) is 5.04. The summed E-state index contributed by atoms with van der Waals surface area (Å²) >= 11 is 0. The van der Waals surface area contributed by atoms with Gasteiger partial charge in [0, 0.05) is 23.1 Å². The van der Waals surface area contributed by atoms with E-state index in [1.165, 1.54) is 7.11 Å². The van der Waals surface area contributed by atoms with Crippen LogP contribution in [0.1, 0.15) is 36.5 Å². The second-order valence-corrected chi connectivity index (χ2v) is 5.36. The van der Waals surface area contributed by atoms with E-state index in [9.17, 15) is 20.0 Å². The number of hydrogen-bond acceptors (Lipinski definition) is 5. The van der Waals surface area contributed by atoms with E-state index in [1.54, 1.807) is 26.8 Å². The number of methoxy groups -OCH3 is 1. The highest BCUT2D eigenvalue weighted by Crippen LogP contribution is 2.42. The van der Waals surface area contributed by atoms with Crippen LogP contribution in [0.2, 0.25) is 0 Å². The molecule has 0 spiro atoms. The minimum absolute atomic E-state index is 0.0124. The van der Waals surface area contributed by atoms with Crippen molar-refractivity contribution in [2.45, 2.75) is 40.0 Å². The number of benzene rings is 1. The highest BCUT2D eigenvalue weighted by Gasteiger charge is 2.27. The molecule has 0 unspecified atom stereocenters. The van der Waals surface area contributed by atoms with Crippen LogP contribution in [0, 0.1) is 24.0 Å². The number of carbonyl (C=O) groups is 1. The molecule has 1 aromatic carbocycles. The maximum absolute atomic E-state index is 11.2. The lowest BCUT2D eigenvalue weighted by Gasteiger charge is -2.15. The minimum atomic E-state index is -0.889. The lowest BCUT2D eigenvalue weighted by Crippen LogP contribution is -2.03. The van der Waals surface area contributed by atoms with Crippen LogP contribution >= 0.6 is 0 Å². The molecule has 0 radical (unpaired) electrons. The Balaban J connectivity index is 3.27. The predicted octanol–water partition coefficient (Wildman–Crippen LogP) is 3.28. The van der Waals surface area contributed by atoms with Gasteiger partial charge in [0.1, 0.15) is 5.75 Å². The average Bonchev–Trinajstić information content (AvgIpc) is 2.47. The standard InChI is InChI=1S/C16H21NO6/c1-9(6-8-13(18)19)5-7-12-15(20)14(17(21)22)10(2)11(3)16(12)23-4/h5,20H,6-8H2,1-4H3,(H,18,19)/b9-5+. The van der Waals surface area contributed by atoms with Gasteiger partial charge in [-0.15, -0.1) is 0 Å². The van der Waals surface area contributed by atoms with Gasteiger partial charge in [-0.05, 0) is 33.6 Å². The smallest absolute Gasteiger partial charge is 0.314 e. The lowest BCUT2D eigenvalue weighted by atomic mass is 9.97. The summed E-state index contributed by atoms with van der Waals surface area (Å²) in [5, 5.41) is 30.1. The van der Waals surface area contributed by atoms with Gasteiger partial charge in [-0.3, -0.25) is 14.9 Å². The molecule has 0 aliphatic rings. The van der Waals surface area contributed by atoms with E-state index in [-0.39, 0.29) is 18.5 Å². The van der Waals surface area contributed by atoms with Crippen molar-refractivity contribution in [2.24, 2.45) is 0 Å². The van der Waals surface area contributed by atoms with Crippen LogP contribution in [-0.4, -0.2) is 28.2 Å². The summed E-state index contributed by atoms with van der Waals surface area (Å²) in [4.78, 5) is 21.1. The molecule has 2 N–H and O–H groups in total. The molecule has 0 saturated heterocycles. The second-order valence-electron chi connectivity index (χ2n) is 5.36. The molecule has 0 aliphatic heterocycles. The summed E-state index contributed by atoms with van der Waals surface area (Å²) in [7, 11) is 1.44. The quantitative estimate of drug-likeness (QED) is 0.452. The number of nitro groups is 1. The molecular formula is C16H21NO6. The predicted molar refractivity (Wildman–Crippen MR) is 85.1 cm³/mol. The first-order valence-corrected chi connectivity index (χ1v) is 7.11. The summed E-state index contributed by atoms with van der Waals surface area (Å²) < 4.78 is 5.30. The van der Waals surface area contributed by atoms with E-state index in [0.29, 0.717) is 28.9 Å². The van der Waals surface area contributed by atoms with Gasteiger partial charge in [0.15, 0.2) is 0 Å². The van der Waals surface area contributed by atoms with Gasteiger partial charge in [0.25, 0.3) is 0 Å². The van der Waals surface area contributed by atoms with E-state index in [0.717, 1.165) is 5.57 Å². The molecule has 7 heteroatoms. The van der Waals surface area contributed by atoms with Crippen molar-refractivity contribution in [3.8, 4) is 11.5 Å². The minimum Gasteiger partial charge on any atom is -0.502 e. The number of phenolic OH excluding ortho intramolecular Hbond substituents is 1. The number of nitro benzene ring substituents is 1. The highest BCUT2D eigenvalue weighted by atomic mass is 16.6. The maximum Gasteiger partial charge on any atom is 0.314 e. The molecule has 1 rings (SSSR count). The Morgan fingerprint density at radius 1 is 1.30 bits per heavy atom. The third-order valence-corrected chi connectivity index (χ3v) is 3.82. The number of phenols is 1. The maximum atomic E-state index is 11.2. The van der Waals surface area contributed by atoms with Crippen LogP contribution in [-0.2, 0) is 11.2 Å². The Labute approximate surface area is 134 Å². The molecule has 1 aromatic rings. The lowest BCUT2D eigenvalue weighted by molar-refractivity contribution is -0.386. The number of carboxylic acid groups (broad SMARTS) is 1. The third kappa shape index (κ3) is 4.21. The first-order valence-electron chi connectivity index (χ1n) is 7.11. The SMILES string of the molecule is COc1c(C)c(C)c([N+](=O)[O-])c(O)c1C/C=C(\C)CCC(=O)O. The van der Waals surface area contributed by atoms with Crippen LogP contribution in [0.3, 0.4) is 0 Å². The molecule has 0 amide bonds. The van der Waals surface area contributed by atoms with Gasteiger partial charge in [-0.2, -0.15) is 0 Å². The van der Waals surface area contributed by atoms with Crippen LogP contribution in [0.5, 0.6) is 11.5 Å². The average molecular weight is 323 g/mol. The number of hydrogen-bond donors (Lipinski definition) is 2. The van der Waals surface area contributed by atoms with Gasteiger partial charge in [-0.1, -0.05) is 11.6 Å². The zero-order valence-corrected chi connectivity index (χ0v) is 13.7. The Kier molecular flexibility index (Phi) is 6.12. The van der Waals surface area contributed by atoms with Gasteiger partial charge in [0.05, 0.1) is 12.0 Å². The molecular weight excluding hydrogens is 302 g/mol. The Hall–Kier alpha value is -2.57. The largest absolute Gasteiger partial charge is 0.502 e. The van der Waals surface area contributed by atoms with Crippen molar-refractivity contribution in [3.63, 3.8) is 0 Å². The molecule has 0 aliphatic carbocycles. The Morgan fingerprint density at radius 3 is 2.39 bits per heavy atom. The zero-order valence-electron chi connectivity index (χ0n) is 13.7. The fraction of sp³-hybridized carbons (Fsp3) is 0.438. The van der Waals surface area contributed by atoms with Gasteiger partial charge >= 0.3 is 11.7 Å². The van der Waals surface area contributed by atoms with Crippen molar-refractivity contribution in [1.29, 1.82) is 0 Å². The van der Waals surface area contributed by atoms with Crippen molar-refractivity contribution >= 4 is 11.7 Å². The number of rotatable bonds is 7. The number of aliphatic carboxylic acids is 1. The van der Waals surface area contributed by atoms with Gasteiger partial charge < -0.3 is 14.9 Å². The van der Waals surface area contributed by atoms with Crippen molar-refractivity contribution in [2.75, 3.05) is 7.11 Å². The molecule has 0 heterocycles. The van der Waals surface area contributed by atoms with Gasteiger partial charge in [0.2, 0.25) is 5.75 Å². The third-order valence-electron chi connectivity index (χ3n) is 3.82. The monoisotopic (exact) mass is 323 g/mol. The molecule has 0 bridgehead atoms. The van der Waals surface area contributed by atoms with Crippen LogP contribution in [0.25, 0.3) is 0 Å². The first-order chi connectivity index (χ1) is 10.7. The first kappa shape index (κ1) is 18.5. The topological polar surface area (TPSA) is 110 Å². The van der Waals surface area contributed by atoms with E-state index >= 15 is 0 Å². The fourth-order valence-electron chi connectivity index (χ4n) is 2.37. The highest BCUT2D eigenvalue weighted by molar-refractivity contribution is 5.67. The number of carboxylic acids is 1. The summed E-state index contributed by atoms with van der Waals surface area (Å²) in [6, 6.07) is 0. The van der Waals surface area contributed by atoms with Crippen molar-refractivity contribution in [3.05, 3.63) is 38.5 Å². The fourth-order valence-corrected chi connectivity index (χ4v) is 2.37. The zero-order chi connectivity index (χ0) is 17.7.